The van der Waals surface area contributed by atoms with Gasteiger partial charge in [0.05, 0.1) is 35.1 Å². The number of nitrogens with two attached hydrogens (primary N) is 1. The van der Waals surface area contributed by atoms with Crippen LogP contribution in [0.5, 0.6) is 0 Å². The van der Waals surface area contributed by atoms with Gasteiger partial charge < -0.3 is 15.6 Å². The van der Waals surface area contributed by atoms with Gasteiger partial charge in [0.2, 0.25) is 10.0 Å². The van der Waals surface area contributed by atoms with Crippen LogP contribution in [0.2, 0.25) is 10.0 Å². The van der Waals surface area contributed by atoms with Crippen molar-refractivity contribution in [3.05, 3.63) is 22.2 Å². The fourth-order valence-electron chi connectivity index (χ4n) is 1.91. The topological polar surface area (TPSA) is 92.9 Å². The van der Waals surface area contributed by atoms with Gasteiger partial charge in [0.15, 0.2) is 0 Å². The van der Waals surface area contributed by atoms with Gasteiger partial charge in [-0.2, -0.15) is 4.31 Å². The smallest absolute Gasteiger partial charge is 0.244 e. The van der Waals surface area contributed by atoms with Gasteiger partial charge in [0.1, 0.15) is 4.90 Å². The van der Waals surface area contributed by atoms with Crippen molar-refractivity contribution in [2.45, 2.75) is 11.0 Å². The lowest BCUT2D eigenvalue weighted by Crippen LogP contribution is -2.46. The molecule has 6 nitrogen and oxygen atoms in total. The summed E-state index contributed by atoms with van der Waals surface area (Å²) in [6, 6.07) is 2.71. The summed E-state index contributed by atoms with van der Waals surface area (Å²) in [5.41, 5.74) is 5.68. The van der Waals surface area contributed by atoms with E-state index in [1.165, 1.54) is 16.4 Å². The summed E-state index contributed by atoms with van der Waals surface area (Å²) in [6.07, 6.45) is -0.540. The third-order valence-electron chi connectivity index (χ3n) is 3.01. The molecule has 0 radical (unpaired) electrons. The van der Waals surface area contributed by atoms with Crippen LogP contribution in [0.15, 0.2) is 17.0 Å². The number of aliphatic hydroxyl groups excluding tert-OH is 1. The summed E-state index contributed by atoms with van der Waals surface area (Å²) in [5, 5.41) is 9.18. The summed E-state index contributed by atoms with van der Waals surface area (Å²) in [4.78, 5) is -0.0975. The lowest BCUT2D eigenvalue weighted by atomic mass is 10.3. The molecule has 0 saturated carbocycles. The Morgan fingerprint density at radius 1 is 1.45 bits per heavy atom. The Hall–Kier alpha value is -0.570. The Labute approximate surface area is 127 Å². The molecule has 9 heteroatoms. The number of aliphatic hydroxyl groups is 1. The highest BCUT2D eigenvalue weighted by Crippen LogP contribution is 2.34. The van der Waals surface area contributed by atoms with Gasteiger partial charge >= 0.3 is 0 Å². The fourth-order valence-corrected chi connectivity index (χ4v) is 4.10. The van der Waals surface area contributed by atoms with Crippen LogP contribution in [0, 0.1) is 0 Å². The lowest BCUT2D eigenvalue weighted by Gasteiger charge is -2.31. The number of nitrogen functional groups attached to an aromatic ring is 1. The van der Waals surface area contributed by atoms with E-state index in [9.17, 15) is 8.42 Å². The quantitative estimate of drug-likeness (QED) is 0.799. The van der Waals surface area contributed by atoms with Gasteiger partial charge in [-0.15, -0.1) is 0 Å². The number of ether oxygens (including phenoxy) is 1. The van der Waals surface area contributed by atoms with Crippen molar-refractivity contribution in [3.8, 4) is 0 Å². The van der Waals surface area contributed by atoms with E-state index >= 15 is 0 Å². The van der Waals surface area contributed by atoms with E-state index in [0.29, 0.717) is 0 Å². The van der Waals surface area contributed by atoms with E-state index in [2.05, 4.69) is 0 Å². The van der Waals surface area contributed by atoms with Gasteiger partial charge in [-0.1, -0.05) is 23.2 Å². The van der Waals surface area contributed by atoms with Crippen molar-refractivity contribution >= 4 is 38.9 Å². The maximum Gasteiger partial charge on any atom is 0.244 e. The Kier molecular flexibility index (Phi) is 4.78. The predicted molar refractivity (Wildman–Crippen MR) is 76.5 cm³/mol. The molecule has 3 N–H and O–H groups in total. The molecule has 0 amide bonds. The predicted octanol–water partition coefficient (Wildman–Crippen LogP) is 0.957. The third-order valence-corrected chi connectivity index (χ3v) is 5.77. The monoisotopic (exact) mass is 340 g/mol. The maximum absolute atomic E-state index is 12.5. The second-order valence-electron chi connectivity index (χ2n) is 4.31. The number of rotatable bonds is 3. The van der Waals surface area contributed by atoms with E-state index in [4.69, 9.17) is 38.8 Å². The Balaban J connectivity index is 2.38. The number of hydrogen-bond donors (Lipinski definition) is 2. The van der Waals surface area contributed by atoms with Crippen LogP contribution in [0.4, 0.5) is 5.69 Å². The molecule has 0 spiro atoms. The highest BCUT2D eigenvalue weighted by Gasteiger charge is 2.32. The number of nitrogens with zero attached hydrogens (tertiary/aromatic N) is 1. The molecule has 0 aliphatic carbocycles. The van der Waals surface area contributed by atoms with Crippen LogP contribution in [-0.2, 0) is 14.8 Å². The van der Waals surface area contributed by atoms with E-state index in [0.717, 1.165) is 0 Å². The summed E-state index contributed by atoms with van der Waals surface area (Å²) < 4.78 is 31.5. The Morgan fingerprint density at radius 2 is 2.15 bits per heavy atom. The Morgan fingerprint density at radius 3 is 2.80 bits per heavy atom. The van der Waals surface area contributed by atoms with Crippen LogP contribution in [0.25, 0.3) is 0 Å². The molecule has 0 bridgehead atoms. The lowest BCUT2D eigenvalue weighted by molar-refractivity contribution is -0.0304. The highest BCUT2D eigenvalue weighted by molar-refractivity contribution is 7.89. The van der Waals surface area contributed by atoms with E-state index in [-0.39, 0.29) is 46.9 Å². The van der Waals surface area contributed by atoms with E-state index in [1.54, 1.807) is 0 Å². The largest absolute Gasteiger partial charge is 0.396 e. The molecule has 20 heavy (non-hydrogen) atoms. The molecular weight excluding hydrogens is 327 g/mol. The van der Waals surface area contributed by atoms with Crippen molar-refractivity contribution in [1.82, 2.24) is 4.31 Å². The molecule has 2 rings (SSSR count). The maximum atomic E-state index is 12.5. The minimum absolute atomic E-state index is 0.0291. The number of anilines is 1. The first-order valence-corrected chi connectivity index (χ1v) is 8.03. The van der Waals surface area contributed by atoms with Gasteiger partial charge in [0, 0.05) is 13.1 Å². The number of hydrogen-bond acceptors (Lipinski definition) is 5. The zero-order valence-corrected chi connectivity index (χ0v) is 12.7. The number of halogens is 2. The zero-order valence-electron chi connectivity index (χ0n) is 10.4. The first kappa shape index (κ1) is 15.8. The van der Waals surface area contributed by atoms with E-state index in [1.807, 2.05) is 0 Å². The van der Waals surface area contributed by atoms with Crippen molar-refractivity contribution in [3.63, 3.8) is 0 Å². The molecule has 1 aliphatic heterocycles. The molecule has 1 fully saturated rings. The fraction of sp³-hybridized carbons (Fsp3) is 0.455. The average Bonchev–Trinajstić information content (AvgIpc) is 2.44. The van der Waals surface area contributed by atoms with Gasteiger partial charge in [0.25, 0.3) is 0 Å². The van der Waals surface area contributed by atoms with Crippen molar-refractivity contribution in [2.75, 3.05) is 32.0 Å². The minimum Gasteiger partial charge on any atom is -0.396 e. The molecule has 1 aromatic carbocycles. The first-order chi connectivity index (χ1) is 9.37. The SMILES string of the molecule is Nc1c(Cl)ccc(S(=O)(=O)N2CCOC(CO)C2)c1Cl. The average molecular weight is 341 g/mol. The normalized spacial score (nSPS) is 21.1. The number of morpholine rings is 1. The first-order valence-electron chi connectivity index (χ1n) is 5.84. The van der Waals surface area contributed by atoms with Crippen molar-refractivity contribution in [2.24, 2.45) is 0 Å². The standard InChI is InChI=1S/C11H14Cl2N2O4S/c12-8-1-2-9(10(13)11(8)14)20(17,18)15-3-4-19-7(5-15)6-16/h1-2,7,16H,3-6,14H2. The molecule has 1 aliphatic rings. The minimum atomic E-state index is -3.80. The second kappa shape index (κ2) is 6.05. The van der Waals surface area contributed by atoms with Gasteiger partial charge in [-0.05, 0) is 12.1 Å². The second-order valence-corrected chi connectivity index (χ2v) is 7.00. The molecule has 1 atom stereocenters. The van der Waals surface area contributed by atoms with Crippen LogP contribution in [0.3, 0.4) is 0 Å². The van der Waals surface area contributed by atoms with Gasteiger partial charge in [-0.25, -0.2) is 8.42 Å². The summed E-state index contributed by atoms with van der Waals surface area (Å²) >= 11 is 11.8. The third kappa shape index (κ3) is 2.88. The number of sulfonamides is 1. The number of benzene rings is 1. The molecule has 1 saturated heterocycles. The highest BCUT2D eigenvalue weighted by atomic mass is 35.5. The molecule has 0 aromatic heterocycles. The molecule has 112 valence electrons. The van der Waals surface area contributed by atoms with Crippen molar-refractivity contribution in [1.29, 1.82) is 0 Å². The summed E-state index contributed by atoms with van der Waals surface area (Å²) in [6.45, 7) is 0.225. The van der Waals surface area contributed by atoms with Crippen molar-refractivity contribution < 1.29 is 18.3 Å². The van der Waals surface area contributed by atoms with Gasteiger partial charge in [-0.3, -0.25) is 0 Å². The van der Waals surface area contributed by atoms with Crippen LogP contribution in [-0.4, -0.2) is 50.2 Å². The molecular formula is C11H14Cl2N2O4S. The van der Waals surface area contributed by atoms with Crippen LogP contribution < -0.4 is 5.73 Å². The molecule has 1 heterocycles. The van der Waals surface area contributed by atoms with Crippen LogP contribution >= 0.6 is 23.2 Å². The zero-order chi connectivity index (χ0) is 14.9. The molecule has 1 unspecified atom stereocenters. The summed E-state index contributed by atoms with van der Waals surface area (Å²) in [5.74, 6) is 0. The van der Waals surface area contributed by atoms with Crippen LogP contribution in [0.1, 0.15) is 0 Å². The van der Waals surface area contributed by atoms with E-state index < -0.39 is 16.1 Å². The summed E-state index contributed by atoms with van der Waals surface area (Å²) in [7, 11) is -3.80. The molecule has 1 aromatic rings. The Bertz CT molecular complexity index is 609.